The zero-order valence-corrected chi connectivity index (χ0v) is 10.8. The summed E-state index contributed by atoms with van der Waals surface area (Å²) >= 11 is 0. The number of carboxylic acid groups (broad SMARTS) is 1. The van der Waals surface area contributed by atoms with Crippen molar-refractivity contribution in [2.45, 2.75) is 25.8 Å². The number of nitro groups is 1. The summed E-state index contributed by atoms with van der Waals surface area (Å²) in [5.41, 5.74) is 0.0449. The fourth-order valence-corrected chi connectivity index (χ4v) is 2.12. The van der Waals surface area contributed by atoms with Crippen LogP contribution >= 0.6 is 0 Å². The molecule has 1 unspecified atom stereocenters. The fourth-order valence-electron chi connectivity index (χ4n) is 2.12. The zero-order valence-electron chi connectivity index (χ0n) is 10.8. The number of aliphatic carboxylic acids is 1. The third-order valence-electron chi connectivity index (χ3n) is 3.32. The summed E-state index contributed by atoms with van der Waals surface area (Å²) in [6.07, 6.45) is 1.49. The van der Waals surface area contributed by atoms with Crippen molar-refractivity contribution in [2.24, 2.45) is 5.92 Å². The lowest BCUT2D eigenvalue weighted by Crippen LogP contribution is -2.42. The number of benzene rings is 1. The number of hydrogen-bond donors (Lipinski definition) is 2. The minimum Gasteiger partial charge on any atom is -0.480 e. The van der Waals surface area contributed by atoms with Gasteiger partial charge in [-0.05, 0) is 31.2 Å². The SMILES string of the molecule is Cc1cccc([N+](=O)[O-])c1C(=O)NC(C(=O)O)C1CC1. The Morgan fingerprint density at radius 2 is 2.10 bits per heavy atom. The quantitative estimate of drug-likeness (QED) is 0.626. The lowest BCUT2D eigenvalue weighted by molar-refractivity contribution is -0.385. The number of nitrogens with one attached hydrogen (secondary N) is 1. The van der Waals surface area contributed by atoms with Crippen LogP contribution in [-0.2, 0) is 4.79 Å². The molecule has 0 saturated heterocycles. The van der Waals surface area contributed by atoms with Gasteiger partial charge in [0.2, 0.25) is 0 Å². The first kappa shape index (κ1) is 14.0. The second-order valence-electron chi connectivity index (χ2n) is 4.85. The number of nitrogens with zero attached hydrogens (tertiary/aromatic N) is 1. The number of nitro benzene ring substituents is 1. The molecule has 7 nitrogen and oxygen atoms in total. The lowest BCUT2D eigenvalue weighted by atomic mass is 10.0. The van der Waals surface area contributed by atoms with Gasteiger partial charge in [-0.3, -0.25) is 14.9 Å². The maximum absolute atomic E-state index is 12.2. The van der Waals surface area contributed by atoms with Gasteiger partial charge in [-0.2, -0.15) is 0 Å². The zero-order chi connectivity index (χ0) is 14.9. The smallest absolute Gasteiger partial charge is 0.326 e. The summed E-state index contributed by atoms with van der Waals surface area (Å²) in [7, 11) is 0. The molecule has 0 radical (unpaired) electrons. The highest BCUT2D eigenvalue weighted by molar-refractivity contribution is 6.01. The van der Waals surface area contributed by atoms with Gasteiger partial charge in [-0.1, -0.05) is 12.1 Å². The van der Waals surface area contributed by atoms with Gasteiger partial charge < -0.3 is 10.4 Å². The molecule has 0 spiro atoms. The molecule has 0 bridgehead atoms. The van der Waals surface area contributed by atoms with Crippen LogP contribution in [0.25, 0.3) is 0 Å². The van der Waals surface area contributed by atoms with Crippen molar-refractivity contribution in [3.05, 3.63) is 39.4 Å². The minimum atomic E-state index is -1.11. The average Bonchev–Trinajstić information content (AvgIpc) is 3.18. The van der Waals surface area contributed by atoms with E-state index in [1.165, 1.54) is 12.1 Å². The molecule has 1 amide bonds. The van der Waals surface area contributed by atoms with E-state index in [0.29, 0.717) is 5.56 Å². The van der Waals surface area contributed by atoms with Crippen molar-refractivity contribution in [3.63, 3.8) is 0 Å². The van der Waals surface area contributed by atoms with E-state index < -0.39 is 22.8 Å². The molecule has 0 aromatic heterocycles. The maximum atomic E-state index is 12.2. The Morgan fingerprint density at radius 3 is 2.60 bits per heavy atom. The normalized spacial score (nSPS) is 15.4. The first-order chi connectivity index (χ1) is 9.41. The van der Waals surface area contributed by atoms with Crippen molar-refractivity contribution in [2.75, 3.05) is 0 Å². The number of carboxylic acids is 1. The molecule has 1 fully saturated rings. The van der Waals surface area contributed by atoms with E-state index in [-0.39, 0.29) is 17.2 Å². The summed E-state index contributed by atoms with van der Waals surface area (Å²) < 4.78 is 0. The van der Waals surface area contributed by atoms with Crippen molar-refractivity contribution in [1.29, 1.82) is 0 Å². The Bertz CT molecular complexity index is 580. The molecule has 1 saturated carbocycles. The van der Waals surface area contributed by atoms with Gasteiger partial charge >= 0.3 is 5.97 Å². The van der Waals surface area contributed by atoms with E-state index in [0.717, 1.165) is 12.8 Å². The van der Waals surface area contributed by atoms with Crippen LogP contribution in [0.3, 0.4) is 0 Å². The second-order valence-corrected chi connectivity index (χ2v) is 4.85. The van der Waals surface area contributed by atoms with Crippen molar-refractivity contribution in [1.82, 2.24) is 5.32 Å². The third kappa shape index (κ3) is 2.76. The van der Waals surface area contributed by atoms with Gasteiger partial charge in [-0.25, -0.2) is 4.79 Å². The molecule has 20 heavy (non-hydrogen) atoms. The number of rotatable bonds is 5. The molecular weight excluding hydrogens is 264 g/mol. The van der Waals surface area contributed by atoms with E-state index in [1.54, 1.807) is 13.0 Å². The summed E-state index contributed by atoms with van der Waals surface area (Å²) in [5, 5.41) is 22.4. The summed E-state index contributed by atoms with van der Waals surface area (Å²) in [6.45, 7) is 1.58. The largest absolute Gasteiger partial charge is 0.480 e. The Kier molecular flexibility index (Phi) is 3.69. The maximum Gasteiger partial charge on any atom is 0.326 e. The van der Waals surface area contributed by atoms with Crippen LogP contribution in [-0.4, -0.2) is 27.9 Å². The number of carbonyl (C=O) groups is 2. The summed E-state index contributed by atoms with van der Waals surface area (Å²) in [4.78, 5) is 33.6. The number of amides is 1. The standard InChI is InChI=1S/C13H14N2O5/c1-7-3-2-4-9(15(19)20)10(7)12(16)14-11(13(17)18)8-5-6-8/h2-4,8,11H,5-6H2,1H3,(H,14,16)(H,17,18). The van der Waals surface area contributed by atoms with Gasteiger partial charge in [0.15, 0.2) is 0 Å². The Morgan fingerprint density at radius 1 is 1.45 bits per heavy atom. The molecule has 7 heteroatoms. The Balaban J connectivity index is 2.29. The topological polar surface area (TPSA) is 110 Å². The summed E-state index contributed by atoms with van der Waals surface area (Å²) in [5.74, 6) is -1.91. The van der Waals surface area contributed by atoms with E-state index in [2.05, 4.69) is 5.32 Å². The van der Waals surface area contributed by atoms with Crippen LogP contribution in [0.5, 0.6) is 0 Å². The van der Waals surface area contributed by atoms with Crippen molar-refractivity contribution in [3.8, 4) is 0 Å². The molecule has 0 heterocycles. The molecule has 1 aliphatic carbocycles. The van der Waals surface area contributed by atoms with E-state index in [4.69, 9.17) is 5.11 Å². The third-order valence-corrected chi connectivity index (χ3v) is 3.32. The minimum absolute atomic E-state index is 0.0793. The van der Waals surface area contributed by atoms with E-state index in [1.807, 2.05) is 0 Å². The van der Waals surface area contributed by atoms with Crippen LogP contribution in [0.1, 0.15) is 28.8 Å². The molecule has 1 aromatic rings. The van der Waals surface area contributed by atoms with Crippen molar-refractivity contribution >= 4 is 17.6 Å². The fraction of sp³-hybridized carbons (Fsp3) is 0.385. The van der Waals surface area contributed by atoms with Crippen LogP contribution in [0.15, 0.2) is 18.2 Å². The molecule has 2 rings (SSSR count). The first-order valence-electron chi connectivity index (χ1n) is 6.19. The second kappa shape index (κ2) is 5.28. The predicted octanol–water partition coefficient (Wildman–Crippen LogP) is 1.50. The monoisotopic (exact) mass is 278 g/mol. The lowest BCUT2D eigenvalue weighted by Gasteiger charge is -2.14. The molecule has 1 atom stereocenters. The van der Waals surface area contributed by atoms with Crippen LogP contribution < -0.4 is 5.32 Å². The molecule has 1 aliphatic rings. The molecule has 1 aromatic carbocycles. The highest BCUT2D eigenvalue weighted by Gasteiger charge is 2.38. The number of aryl methyl sites for hydroxylation is 1. The first-order valence-corrected chi connectivity index (χ1v) is 6.19. The average molecular weight is 278 g/mol. The Hall–Kier alpha value is -2.44. The van der Waals surface area contributed by atoms with Gasteiger partial charge in [0, 0.05) is 6.07 Å². The van der Waals surface area contributed by atoms with Crippen LogP contribution in [0, 0.1) is 23.0 Å². The molecule has 0 aliphatic heterocycles. The van der Waals surface area contributed by atoms with E-state index in [9.17, 15) is 19.7 Å². The number of carbonyl (C=O) groups excluding carboxylic acids is 1. The number of hydrogen-bond acceptors (Lipinski definition) is 4. The predicted molar refractivity (Wildman–Crippen MR) is 69.4 cm³/mol. The highest BCUT2D eigenvalue weighted by atomic mass is 16.6. The van der Waals surface area contributed by atoms with Crippen LogP contribution in [0.4, 0.5) is 5.69 Å². The van der Waals surface area contributed by atoms with Crippen LogP contribution in [0.2, 0.25) is 0 Å². The van der Waals surface area contributed by atoms with Gasteiger partial charge in [-0.15, -0.1) is 0 Å². The van der Waals surface area contributed by atoms with E-state index >= 15 is 0 Å². The van der Waals surface area contributed by atoms with Gasteiger partial charge in [0.1, 0.15) is 11.6 Å². The molecule has 2 N–H and O–H groups in total. The highest BCUT2D eigenvalue weighted by Crippen LogP contribution is 2.33. The Labute approximate surface area is 114 Å². The molecule has 106 valence electrons. The van der Waals surface area contributed by atoms with Crippen molar-refractivity contribution < 1.29 is 19.6 Å². The van der Waals surface area contributed by atoms with Gasteiger partial charge in [0.05, 0.1) is 4.92 Å². The van der Waals surface area contributed by atoms with Gasteiger partial charge in [0.25, 0.3) is 11.6 Å². The molecular formula is C13H14N2O5. The summed E-state index contributed by atoms with van der Waals surface area (Å²) in [6, 6.07) is 3.31.